The third kappa shape index (κ3) is 2.30. The van der Waals surface area contributed by atoms with Crippen LogP contribution in [0.3, 0.4) is 0 Å². The van der Waals surface area contributed by atoms with E-state index in [0.29, 0.717) is 12.2 Å². The molecule has 98 valence electrons. The van der Waals surface area contributed by atoms with Gasteiger partial charge in [-0.1, -0.05) is 6.42 Å². The van der Waals surface area contributed by atoms with E-state index in [0.717, 1.165) is 35.7 Å². The first kappa shape index (κ1) is 12.5. The van der Waals surface area contributed by atoms with E-state index >= 15 is 0 Å². The average molecular weight is 311 g/mol. The fourth-order valence-electron chi connectivity index (χ4n) is 2.96. The van der Waals surface area contributed by atoms with Crippen molar-refractivity contribution in [1.82, 2.24) is 0 Å². The standard InChI is InChI=1S/C15H19BrO2/c16-13-8-10-4-2-1-3-5-11(10)12(14(13)17)9-15(18)6-7-15/h8,17-18H,1-7,9H2. The Hall–Kier alpha value is -0.540. The van der Waals surface area contributed by atoms with E-state index in [4.69, 9.17) is 0 Å². The minimum Gasteiger partial charge on any atom is -0.506 e. The summed E-state index contributed by atoms with van der Waals surface area (Å²) < 4.78 is 0.780. The molecule has 1 aromatic rings. The van der Waals surface area contributed by atoms with Crippen molar-refractivity contribution in [2.75, 3.05) is 0 Å². The Kier molecular flexibility index (Phi) is 3.15. The van der Waals surface area contributed by atoms with Crippen molar-refractivity contribution in [3.8, 4) is 5.75 Å². The normalized spacial score (nSPS) is 21.2. The van der Waals surface area contributed by atoms with Crippen molar-refractivity contribution in [3.05, 3.63) is 27.2 Å². The highest BCUT2D eigenvalue weighted by atomic mass is 79.9. The molecule has 0 aromatic heterocycles. The Morgan fingerprint density at radius 3 is 2.61 bits per heavy atom. The maximum Gasteiger partial charge on any atom is 0.133 e. The Morgan fingerprint density at radius 1 is 1.17 bits per heavy atom. The number of aliphatic hydroxyl groups is 1. The quantitative estimate of drug-likeness (QED) is 0.821. The second-order valence-corrected chi connectivity index (χ2v) is 6.64. The lowest BCUT2D eigenvalue weighted by Gasteiger charge is -2.18. The summed E-state index contributed by atoms with van der Waals surface area (Å²) >= 11 is 3.45. The molecule has 2 N–H and O–H groups in total. The van der Waals surface area contributed by atoms with Gasteiger partial charge in [-0.15, -0.1) is 0 Å². The summed E-state index contributed by atoms with van der Waals surface area (Å²) in [6.07, 6.45) is 8.17. The largest absolute Gasteiger partial charge is 0.506 e. The molecule has 3 heteroatoms. The minimum absolute atomic E-state index is 0.343. The number of aryl methyl sites for hydroxylation is 1. The first-order valence-electron chi connectivity index (χ1n) is 6.83. The molecule has 0 radical (unpaired) electrons. The minimum atomic E-state index is -0.543. The summed E-state index contributed by atoms with van der Waals surface area (Å²) in [5, 5.41) is 20.4. The summed E-state index contributed by atoms with van der Waals surface area (Å²) in [5.41, 5.74) is 3.10. The Bertz CT molecular complexity index is 478. The van der Waals surface area contributed by atoms with Crippen LogP contribution in [-0.4, -0.2) is 15.8 Å². The first-order valence-corrected chi connectivity index (χ1v) is 7.63. The van der Waals surface area contributed by atoms with Crippen molar-refractivity contribution < 1.29 is 10.2 Å². The maximum absolute atomic E-state index is 10.3. The van der Waals surface area contributed by atoms with Gasteiger partial charge in [0.15, 0.2) is 0 Å². The maximum atomic E-state index is 10.3. The molecule has 0 amide bonds. The van der Waals surface area contributed by atoms with Crippen LogP contribution < -0.4 is 0 Å². The number of hydrogen-bond donors (Lipinski definition) is 2. The fraction of sp³-hybridized carbons (Fsp3) is 0.600. The zero-order valence-electron chi connectivity index (χ0n) is 10.5. The van der Waals surface area contributed by atoms with E-state index in [9.17, 15) is 10.2 Å². The molecule has 0 heterocycles. The number of fused-ring (bicyclic) bond motifs is 1. The van der Waals surface area contributed by atoms with E-state index in [1.807, 2.05) is 0 Å². The van der Waals surface area contributed by atoms with Gasteiger partial charge in [-0.25, -0.2) is 0 Å². The lowest BCUT2D eigenvalue weighted by molar-refractivity contribution is 0.149. The number of rotatable bonds is 2. The van der Waals surface area contributed by atoms with Crippen molar-refractivity contribution in [1.29, 1.82) is 0 Å². The molecule has 18 heavy (non-hydrogen) atoms. The molecule has 0 atom stereocenters. The molecule has 3 rings (SSSR count). The lowest BCUT2D eigenvalue weighted by Crippen LogP contribution is -2.13. The summed E-state index contributed by atoms with van der Waals surface area (Å²) in [6.45, 7) is 0. The molecule has 0 bridgehead atoms. The second kappa shape index (κ2) is 4.53. The van der Waals surface area contributed by atoms with Crippen LogP contribution in [0.25, 0.3) is 0 Å². The van der Waals surface area contributed by atoms with Gasteiger partial charge in [0.1, 0.15) is 5.75 Å². The molecule has 0 unspecified atom stereocenters. The van der Waals surface area contributed by atoms with Gasteiger partial charge >= 0.3 is 0 Å². The number of phenolic OH excluding ortho intramolecular Hbond substituents is 1. The van der Waals surface area contributed by atoms with Crippen LogP contribution >= 0.6 is 15.9 Å². The predicted molar refractivity (Wildman–Crippen MR) is 75.0 cm³/mol. The van der Waals surface area contributed by atoms with Crippen LogP contribution in [0.4, 0.5) is 0 Å². The van der Waals surface area contributed by atoms with Crippen LogP contribution in [0.2, 0.25) is 0 Å². The molecule has 1 aromatic carbocycles. The topological polar surface area (TPSA) is 40.5 Å². The van der Waals surface area contributed by atoms with Gasteiger partial charge in [-0.2, -0.15) is 0 Å². The van der Waals surface area contributed by atoms with Gasteiger partial charge in [0, 0.05) is 12.0 Å². The number of halogens is 1. The predicted octanol–water partition coefficient (Wildman–Crippen LogP) is 3.49. The third-order valence-corrected chi connectivity index (χ3v) is 4.88. The van der Waals surface area contributed by atoms with E-state index in [1.165, 1.54) is 30.4 Å². The molecule has 2 aliphatic carbocycles. The van der Waals surface area contributed by atoms with Crippen molar-refractivity contribution in [2.45, 2.75) is 57.0 Å². The highest BCUT2D eigenvalue weighted by Crippen LogP contribution is 2.44. The number of phenols is 1. The lowest BCUT2D eigenvalue weighted by atomic mass is 9.92. The first-order chi connectivity index (χ1) is 8.59. The summed E-state index contributed by atoms with van der Waals surface area (Å²) in [6, 6.07) is 2.07. The van der Waals surface area contributed by atoms with Gasteiger partial charge in [0.2, 0.25) is 0 Å². The summed E-state index contributed by atoms with van der Waals surface area (Å²) in [7, 11) is 0. The number of aromatic hydroxyl groups is 1. The average Bonchev–Trinajstić information content (AvgIpc) is 3.09. The van der Waals surface area contributed by atoms with Gasteiger partial charge in [-0.3, -0.25) is 0 Å². The molecule has 0 spiro atoms. The second-order valence-electron chi connectivity index (χ2n) is 5.79. The third-order valence-electron chi connectivity index (χ3n) is 4.27. The van der Waals surface area contributed by atoms with E-state index in [-0.39, 0.29) is 0 Å². The zero-order valence-corrected chi connectivity index (χ0v) is 12.1. The van der Waals surface area contributed by atoms with Crippen molar-refractivity contribution in [3.63, 3.8) is 0 Å². The van der Waals surface area contributed by atoms with Crippen LogP contribution in [0.5, 0.6) is 5.75 Å². The molecular weight excluding hydrogens is 292 g/mol. The molecule has 0 aliphatic heterocycles. The Balaban J connectivity index is 2.05. The molecule has 1 fully saturated rings. The highest BCUT2D eigenvalue weighted by molar-refractivity contribution is 9.10. The SMILES string of the molecule is Oc1c(Br)cc2c(c1CC1(O)CC1)CCCCC2. The van der Waals surface area contributed by atoms with Gasteiger partial charge in [-0.05, 0) is 71.6 Å². The fourth-order valence-corrected chi connectivity index (χ4v) is 3.47. The molecule has 2 nitrogen and oxygen atoms in total. The zero-order chi connectivity index (χ0) is 12.8. The monoisotopic (exact) mass is 310 g/mol. The van der Waals surface area contributed by atoms with Crippen molar-refractivity contribution in [2.24, 2.45) is 0 Å². The molecule has 0 saturated heterocycles. The van der Waals surface area contributed by atoms with Gasteiger partial charge in [0.25, 0.3) is 0 Å². The summed E-state index contributed by atoms with van der Waals surface area (Å²) in [5.74, 6) is 0.343. The van der Waals surface area contributed by atoms with E-state index < -0.39 is 5.60 Å². The van der Waals surface area contributed by atoms with Crippen LogP contribution in [-0.2, 0) is 19.3 Å². The van der Waals surface area contributed by atoms with Crippen LogP contribution in [0.15, 0.2) is 10.5 Å². The van der Waals surface area contributed by atoms with E-state index in [2.05, 4.69) is 22.0 Å². The molecule has 2 aliphatic rings. The number of hydrogen-bond acceptors (Lipinski definition) is 2. The number of benzene rings is 1. The summed E-state index contributed by atoms with van der Waals surface area (Å²) in [4.78, 5) is 0. The van der Waals surface area contributed by atoms with Gasteiger partial charge < -0.3 is 10.2 Å². The van der Waals surface area contributed by atoms with E-state index in [1.54, 1.807) is 0 Å². The van der Waals surface area contributed by atoms with Gasteiger partial charge in [0.05, 0.1) is 10.1 Å². The highest BCUT2D eigenvalue weighted by Gasteiger charge is 2.41. The van der Waals surface area contributed by atoms with Crippen molar-refractivity contribution >= 4 is 15.9 Å². The Labute approximate surface area is 116 Å². The Morgan fingerprint density at radius 2 is 1.89 bits per heavy atom. The smallest absolute Gasteiger partial charge is 0.133 e. The molecule has 1 saturated carbocycles. The van der Waals surface area contributed by atoms with Crippen LogP contribution in [0, 0.1) is 0 Å². The molecular formula is C15H19BrO2. The van der Waals surface area contributed by atoms with Crippen LogP contribution in [0.1, 0.15) is 48.8 Å².